The molecule has 51 heavy (non-hydrogen) atoms. The van der Waals surface area contributed by atoms with Crippen molar-refractivity contribution in [3.63, 3.8) is 0 Å². The molecule has 1 atom stereocenters. The van der Waals surface area contributed by atoms with Crippen LogP contribution in [-0.4, -0.2) is 16.4 Å². The highest BCUT2D eigenvalue weighted by atomic mass is 16.5. The minimum absolute atomic E-state index is 0.175. The number of hydrogen-bond donors (Lipinski definition) is 0. The van der Waals surface area contributed by atoms with Crippen LogP contribution in [0.3, 0.4) is 0 Å². The Kier molecular flexibility index (Phi) is 6.02. The summed E-state index contributed by atoms with van der Waals surface area (Å²) in [5, 5.41) is 12.1. The van der Waals surface area contributed by atoms with Crippen LogP contribution in [0, 0.1) is 41.7 Å². The van der Waals surface area contributed by atoms with Gasteiger partial charge in [-0.25, -0.2) is 0 Å². The first kappa shape index (κ1) is 28.2. The summed E-state index contributed by atoms with van der Waals surface area (Å²) < 4.78 is 11.6. The van der Waals surface area contributed by atoms with E-state index in [0.29, 0.717) is 0 Å². The van der Waals surface area contributed by atoms with E-state index in [9.17, 15) is 0 Å². The van der Waals surface area contributed by atoms with Crippen LogP contribution in [0.1, 0.15) is 0 Å². The van der Waals surface area contributed by atoms with E-state index in [0.717, 1.165) is 33.7 Å². The molecule has 3 heteroatoms. The Morgan fingerprint density at radius 3 is 1.71 bits per heavy atom. The van der Waals surface area contributed by atoms with Gasteiger partial charge in [-0.15, -0.1) is 0 Å². The van der Waals surface area contributed by atoms with Crippen LogP contribution in [0.4, 0.5) is 11.4 Å². The highest BCUT2D eigenvalue weighted by Crippen LogP contribution is 2.38. The molecule has 3 aliphatic rings. The van der Waals surface area contributed by atoms with Gasteiger partial charge >= 0.3 is 0 Å². The molecule has 0 saturated heterocycles. The first-order valence-electron chi connectivity index (χ1n) is 17.6. The van der Waals surface area contributed by atoms with Gasteiger partial charge in [-0.1, -0.05) is 121 Å². The average molecular weight is 652 g/mol. The summed E-state index contributed by atoms with van der Waals surface area (Å²) in [4.78, 5) is 0. The van der Waals surface area contributed by atoms with Gasteiger partial charge in [0.05, 0.1) is 11.0 Å². The topological polar surface area (TPSA) is 17.2 Å². The van der Waals surface area contributed by atoms with Gasteiger partial charge in [0.2, 0.25) is 17.5 Å². The lowest BCUT2D eigenvalue weighted by atomic mass is 9.99. The second-order valence-corrected chi connectivity index (χ2v) is 13.4. The number of aromatic nitrogens is 1. The highest BCUT2D eigenvalue weighted by molar-refractivity contribution is 6.09. The molecule has 7 aromatic carbocycles. The molecule has 0 N–H and O–H groups in total. The second-order valence-electron chi connectivity index (χ2n) is 13.4. The zero-order valence-corrected chi connectivity index (χ0v) is 27.7. The van der Waals surface area contributed by atoms with Gasteiger partial charge in [-0.3, -0.25) is 0 Å². The maximum absolute atomic E-state index is 6.83. The molecule has 0 spiro atoms. The molecule has 0 saturated carbocycles. The Bertz CT molecular complexity index is 3230. The Morgan fingerprint density at radius 1 is 0.471 bits per heavy atom. The van der Waals surface area contributed by atoms with E-state index in [1.165, 1.54) is 58.3 Å². The van der Waals surface area contributed by atoms with Gasteiger partial charge < -0.3 is 9.30 Å². The van der Waals surface area contributed by atoms with Crippen molar-refractivity contribution < 1.29 is 4.74 Å². The molecule has 238 valence electrons. The highest BCUT2D eigenvalue weighted by Gasteiger charge is 2.36. The maximum atomic E-state index is 6.83. The van der Waals surface area contributed by atoms with Crippen LogP contribution in [-0.2, 0) is 0 Å². The lowest BCUT2D eigenvalue weighted by molar-refractivity contribution is 0.303. The SMILES string of the molecule is C1=CC2=[N+](c3ccccc3)c3cc4c(cc3OC2C=C1)=c1ccccc1=c1ccccc1=c1cc(-n2c3ccccc3c3ccccc32)ccc1=4. The zero-order chi connectivity index (χ0) is 33.5. The van der Waals surface area contributed by atoms with Crippen LogP contribution in [0.5, 0.6) is 5.75 Å². The van der Waals surface area contributed by atoms with Gasteiger partial charge in [0, 0.05) is 40.7 Å². The number of hydrogen-bond acceptors (Lipinski definition) is 1. The van der Waals surface area contributed by atoms with Crippen molar-refractivity contribution in [1.29, 1.82) is 0 Å². The molecule has 2 aliphatic carbocycles. The number of rotatable bonds is 2. The first-order valence-corrected chi connectivity index (χ1v) is 17.6. The molecule has 8 aromatic rings. The molecular weight excluding hydrogens is 621 g/mol. The fourth-order valence-electron chi connectivity index (χ4n) is 8.47. The number of benzene rings is 7. The van der Waals surface area contributed by atoms with Crippen molar-refractivity contribution in [2.24, 2.45) is 0 Å². The average Bonchev–Trinajstić information content (AvgIpc) is 3.53. The summed E-state index contributed by atoms with van der Waals surface area (Å²) in [6, 6.07) is 57.5. The quantitative estimate of drug-likeness (QED) is 0.170. The van der Waals surface area contributed by atoms with Crippen LogP contribution in [0.25, 0.3) is 27.5 Å². The van der Waals surface area contributed by atoms with Gasteiger partial charge in [0.25, 0.3) is 5.69 Å². The van der Waals surface area contributed by atoms with E-state index in [-0.39, 0.29) is 6.10 Å². The summed E-state index contributed by atoms with van der Waals surface area (Å²) >= 11 is 0. The number of nitrogens with zero attached hydrogens (tertiary/aromatic N) is 2. The molecule has 0 fully saturated rings. The number of allylic oxidation sites excluding steroid dienone is 2. The third kappa shape index (κ3) is 4.15. The van der Waals surface area contributed by atoms with Crippen LogP contribution in [0.2, 0.25) is 0 Å². The zero-order valence-electron chi connectivity index (χ0n) is 27.7. The summed E-state index contributed by atoms with van der Waals surface area (Å²) in [5.41, 5.74) is 6.80. The van der Waals surface area contributed by atoms with E-state index in [1.54, 1.807) is 0 Å². The molecule has 11 rings (SSSR count). The monoisotopic (exact) mass is 651 g/mol. The summed E-state index contributed by atoms with van der Waals surface area (Å²) in [6.07, 6.45) is 8.32. The Morgan fingerprint density at radius 2 is 1.02 bits per heavy atom. The Hall–Kier alpha value is -6.71. The normalized spacial score (nSPS) is 15.2. The van der Waals surface area contributed by atoms with Gasteiger partial charge in [-0.2, -0.15) is 4.58 Å². The molecule has 0 radical (unpaired) electrons. The fourth-order valence-corrected chi connectivity index (χ4v) is 8.47. The molecular formula is C48H31N2O+. The van der Waals surface area contributed by atoms with Crippen molar-refractivity contribution >= 4 is 38.9 Å². The summed E-state index contributed by atoms with van der Waals surface area (Å²) in [5.74, 6) is 0.874. The van der Waals surface area contributed by atoms with Gasteiger partial charge in [0.1, 0.15) is 0 Å². The Balaban J connectivity index is 1.36. The first-order chi connectivity index (χ1) is 25.3. The van der Waals surface area contributed by atoms with Crippen molar-refractivity contribution in [2.75, 3.05) is 0 Å². The predicted molar refractivity (Wildman–Crippen MR) is 206 cm³/mol. The molecule has 0 amide bonds. The van der Waals surface area contributed by atoms with E-state index in [4.69, 9.17) is 4.74 Å². The van der Waals surface area contributed by atoms with Crippen molar-refractivity contribution in [1.82, 2.24) is 9.14 Å². The smallest absolute Gasteiger partial charge is 0.254 e. The number of fused-ring (bicyclic) bond motifs is 9. The third-order valence-electron chi connectivity index (χ3n) is 10.7. The van der Waals surface area contributed by atoms with Gasteiger partial charge in [-0.05, 0) is 78.2 Å². The molecule has 1 aliphatic heterocycles. The molecule has 0 bridgehead atoms. The summed E-state index contributed by atoms with van der Waals surface area (Å²) in [6.45, 7) is 0. The Labute approximate surface area is 293 Å². The lowest BCUT2D eigenvalue weighted by Gasteiger charge is -2.24. The largest absolute Gasteiger partial charge is 0.468 e. The van der Waals surface area contributed by atoms with Crippen LogP contribution < -0.4 is 9.31 Å². The molecule has 2 heterocycles. The van der Waals surface area contributed by atoms with Crippen molar-refractivity contribution in [2.45, 2.75) is 6.10 Å². The van der Waals surface area contributed by atoms with E-state index < -0.39 is 0 Å². The van der Waals surface area contributed by atoms with Gasteiger partial charge in [0.15, 0.2) is 5.75 Å². The molecule has 3 nitrogen and oxygen atoms in total. The lowest BCUT2D eigenvalue weighted by Crippen LogP contribution is -2.36. The van der Waals surface area contributed by atoms with E-state index in [2.05, 4.69) is 191 Å². The fraction of sp³-hybridized carbons (Fsp3) is 0.0208. The minimum Gasteiger partial charge on any atom is -0.468 e. The van der Waals surface area contributed by atoms with Crippen molar-refractivity contribution in [3.8, 4) is 11.4 Å². The van der Waals surface area contributed by atoms with E-state index in [1.807, 2.05) is 0 Å². The van der Waals surface area contributed by atoms with Crippen LogP contribution >= 0.6 is 0 Å². The minimum atomic E-state index is -0.175. The standard InChI is InChI=1S/C48H31N2O/c1-2-14-31(15-3-1)49-45-24-12-13-25-47(45)51-48-30-42-36-19-7-5-17-34(36)33-16-4-6-18-35(33)40-28-32(26-27-37(40)41(42)29-46(48)49)50-43-22-10-8-20-38(43)39-21-9-11-23-44(39)50/h1-30,47H/q+1. The van der Waals surface area contributed by atoms with Crippen molar-refractivity contribution in [3.05, 3.63) is 224 Å². The number of ether oxygens (including phenoxy) is 1. The number of para-hydroxylation sites is 3. The maximum Gasteiger partial charge on any atom is 0.254 e. The predicted octanol–water partition coefficient (Wildman–Crippen LogP) is 10.4. The molecule has 1 aromatic heterocycles. The third-order valence-corrected chi connectivity index (χ3v) is 10.7. The second kappa shape index (κ2) is 10.9. The summed E-state index contributed by atoms with van der Waals surface area (Å²) in [7, 11) is 0. The van der Waals surface area contributed by atoms with E-state index >= 15 is 0 Å². The van der Waals surface area contributed by atoms with Crippen LogP contribution in [0.15, 0.2) is 182 Å². The molecule has 1 unspecified atom stereocenters.